The maximum absolute atomic E-state index is 12.5. The predicted molar refractivity (Wildman–Crippen MR) is 100.0 cm³/mol. The van der Waals surface area contributed by atoms with Gasteiger partial charge in [-0.15, -0.1) is 5.10 Å². The molecule has 0 bridgehead atoms. The van der Waals surface area contributed by atoms with Crippen molar-refractivity contribution >= 4 is 11.6 Å². The molecule has 1 saturated heterocycles. The van der Waals surface area contributed by atoms with E-state index in [-0.39, 0.29) is 11.9 Å². The van der Waals surface area contributed by atoms with Gasteiger partial charge in [0, 0.05) is 31.0 Å². The van der Waals surface area contributed by atoms with Crippen LogP contribution in [0, 0.1) is 0 Å². The summed E-state index contributed by atoms with van der Waals surface area (Å²) < 4.78 is 3.79. The van der Waals surface area contributed by atoms with Crippen molar-refractivity contribution in [3.8, 4) is 11.3 Å². The minimum Gasteiger partial charge on any atom is -0.338 e. The number of carbonyl (C=O) groups is 1. The van der Waals surface area contributed by atoms with Crippen LogP contribution in [0.2, 0.25) is 0 Å². The monoisotopic (exact) mass is 358 g/mol. The Kier molecular flexibility index (Phi) is 3.71. The average Bonchev–Trinajstić information content (AvgIpc) is 3.28. The summed E-state index contributed by atoms with van der Waals surface area (Å²) in [4.78, 5) is 18.8. The normalized spacial score (nSPS) is 14.4. The van der Waals surface area contributed by atoms with Gasteiger partial charge in [0.25, 0.3) is 0 Å². The summed E-state index contributed by atoms with van der Waals surface area (Å²) in [5, 5.41) is 8.48. The Bertz CT molecular complexity index is 1060. The quantitative estimate of drug-likeness (QED) is 0.561. The Labute approximate surface area is 155 Å². The molecule has 0 N–H and O–H groups in total. The summed E-state index contributed by atoms with van der Waals surface area (Å²) in [6.45, 7) is 1.31. The summed E-state index contributed by atoms with van der Waals surface area (Å²) in [5.74, 6) is 0.0954. The zero-order valence-electron chi connectivity index (χ0n) is 14.6. The molecule has 1 aromatic carbocycles. The predicted octanol–water partition coefficient (Wildman–Crippen LogP) is 2.22. The Morgan fingerprint density at radius 1 is 1.04 bits per heavy atom. The molecule has 0 radical (unpaired) electrons. The fourth-order valence-electron chi connectivity index (χ4n) is 3.36. The van der Waals surface area contributed by atoms with Crippen LogP contribution in [0.5, 0.6) is 0 Å². The van der Waals surface area contributed by atoms with Crippen LogP contribution in [-0.2, 0) is 11.2 Å². The highest BCUT2D eigenvalue weighted by molar-refractivity contribution is 5.79. The SMILES string of the molecule is O=C(Cc1cn2ccccc2n1)N1CC(n2cc(-c3ccccc3)nn2)C1. The molecule has 1 aliphatic heterocycles. The minimum atomic E-state index is 0.0954. The van der Waals surface area contributed by atoms with Gasteiger partial charge in [-0.2, -0.15) is 0 Å². The van der Waals surface area contributed by atoms with Crippen LogP contribution >= 0.6 is 0 Å². The molecule has 7 heteroatoms. The number of imidazole rings is 1. The molecule has 4 heterocycles. The minimum absolute atomic E-state index is 0.0954. The topological polar surface area (TPSA) is 68.3 Å². The van der Waals surface area contributed by atoms with Gasteiger partial charge in [0.2, 0.25) is 5.91 Å². The summed E-state index contributed by atoms with van der Waals surface area (Å²) >= 11 is 0. The van der Waals surface area contributed by atoms with Crippen LogP contribution in [0.25, 0.3) is 16.9 Å². The molecule has 0 atom stereocenters. The average molecular weight is 358 g/mol. The number of rotatable bonds is 4. The van der Waals surface area contributed by atoms with Gasteiger partial charge < -0.3 is 9.30 Å². The highest BCUT2D eigenvalue weighted by Crippen LogP contribution is 2.23. The van der Waals surface area contributed by atoms with E-state index in [9.17, 15) is 4.79 Å². The number of hydrogen-bond acceptors (Lipinski definition) is 4. The maximum atomic E-state index is 12.5. The lowest BCUT2D eigenvalue weighted by Gasteiger charge is -2.38. The van der Waals surface area contributed by atoms with E-state index in [1.165, 1.54) is 0 Å². The zero-order chi connectivity index (χ0) is 18.2. The molecule has 0 unspecified atom stereocenters. The third-order valence-electron chi connectivity index (χ3n) is 4.92. The molecule has 0 spiro atoms. The molecule has 27 heavy (non-hydrogen) atoms. The summed E-state index contributed by atoms with van der Waals surface area (Å²) in [7, 11) is 0. The molecular formula is C20H18N6O. The number of benzene rings is 1. The largest absolute Gasteiger partial charge is 0.338 e. The number of amides is 1. The Morgan fingerprint density at radius 3 is 2.67 bits per heavy atom. The lowest BCUT2D eigenvalue weighted by atomic mass is 10.1. The van der Waals surface area contributed by atoms with Crippen molar-refractivity contribution in [2.24, 2.45) is 0 Å². The van der Waals surface area contributed by atoms with Crippen molar-refractivity contribution in [3.63, 3.8) is 0 Å². The van der Waals surface area contributed by atoms with Gasteiger partial charge in [-0.05, 0) is 12.1 Å². The van der Waals surface area contributed by atoms with E-state index in [0.29, 0.717) is 19.5 Å². The first-order valence-electron chi connectivity index (χ1n) is 8.94. The molecule has 134 valence electrons. The van der Waals surface area contributed by atoms with Crippen LogP contribution in [0.4, 0.5) is 0 Å². The number of hydrogen-bond donors (Lipinski definition) is 0. The Hall–Kier alpha value is -3.48. The van der Waals surface area contributed by atoms with Gasteiger partial charge in [0.15, 0.2) is 0 Å². The van der Waals surface area contributed by atoms with Gasteiger partial charge in [-0.1, -0.05) is 41.6 Å². The first kappa shape index (κ1) is 15.7. The molecule has 0 aliphatic carbocycles. The first-order valence-corrected chi connectivity index (χ1v) is 8.94. The van der Waals surface area contributed by atoms with E-state index in [1.807, 2.05) is 81.1 Å². The fraction of sp³-hybridized carbons (Fsp3) is 0.200. The molecule has 1 fully saturated rings. The Morgan fingerprint density at radius 2 is 1.85 bits per heavy atom. The molecular weight excluding hydrogens is 340 g/mol. The lowest BCUT2D eigenvalue weighted by Crippen LogP contribution is -2.51. The molecule has 5 rings (SSSR count). The van der Waals surface area contributed by atoms with E-state index in [4.69, 9.17) is 0 Å². The highest BCUT2D eigenvalue weighted by atomic mass is 16.2. The fourth-order valence-corrected chi connectivity index (χ4v) is 3.36. The van der Waals surface area contributed by atoms with Crippen LogP contribution in [0.15, 0.2) is 67.1 Å². The van der Waals surface area contributed by atoms with Crippen molar-refractivity contribution in [2.45, 2.75) is 12.5 Å². The van der Waals surface area contributed by atoms with E-state index in [1.54, 1.807) is 0 Å². The van der Waals surface area contributed by atoms with Gasteiger partial charge >= 0.3 is 0 Å². The van der Waals surface area contributed by atoms with Crippen LogP contribution in [0.3, 0.4) is 0 Å². The van der Waals surface area contributed by atoms with Gasteiger partial charge in [0.1, 0.15) is 11.3 Å². The maximum Gasteiger partial charge on any atom is 0.228 e. The standard InChI is InChI=1S/C20H18N6O/c27-20(10-16-11-24-9-5-4-8-19(24)21-16)25-12-17(13-25)26-14-18(22-23-26)15-6-2-1-3-7-15/h1-9,11,14,17H,10,12-13H2. The number of likely N-dealkylation sites (tertiary alicyclic amines) is 1. The number of carbonyl (C=O) groups excluding carboxylic acids is 1. The number of aromatic nitrogens is 5. The van der Waals surface area contributed by atoms with Gasteiger partial charge in [0.05, 0.1) is 24.4 Å². The molecule has 1 amide bonds. The lowest BCUT2D eigenvalue weighted by molar-refractivity contribution is -0.136. The molecule has 1 aliphatic rings. The molecule has 3 aromatic heterocycles. The molecule has 0 saturated carbocycles. The Balaban J connectivity index is 1.21. The number of pyridine rings is 1. The third-order valence-corrected chi connectivity index (χ3v) is 4.92. The number of fused-ring (bicyclic) bond motifs is 1. The molecule has 4 aromatic rings. The van der Waals surface area contributed by atoms with Crippen LogP contribution < -0.4 is 0 Å². The van der Waals surface area contributed by atoms with Crippen molar-refractivity contribution in [1.29, 1.82) is 0 Å². The smallest absolute Gasteiger partial charge is 0.228 e. The van der Waals surface area contributed by atoms with Crippen LogP contribution in [0.1, 0.15) is 11.7 Å². The summed E-state index contributed by atoms with van der Waals surface area (Å²) in [6.07, 6.45) is 6.12. The van der Waals surface area contributed by atoms with Crippen molar-refractivity contribution in [1.82, 2.24) is 29.3 Å². The number of nitrogens with zero attached hydrogens (tertiary/aromatic N) is 6. The first-order chi connectivity index (χ1) is 13.3. The van der Waals surface area contributed by atoms with E-state index >= 15 is 0 Å². The second-order valence-corrected chi connectivity index (χ2v) is 6.78. The summed E-state index contributed by atoms with van der Waals surface area (Å²) in [6, 6.07) is 16.0. The van der Waals surface area contributed by atoms with E-state index < -0.39 is 0 Å². The van der Waals surface area contributed by atoms with E-state index in [2.05, 4.69) is 15.3 Å². The third kappa shape index (κ3) is 2.97. The van der Waals surface area contributed by atoms with Gasteiger partial charge in [-0.25, -0.2) is 9.67 Å². The van der Waals surface area contributed by atoms with Crippen molar-refractivity contribution in [2.75, 3.05) is 13.1 Å². The van der Waals surface area contributed by atoms with Crippen LogP contribution in [-0.4, -0.2) is 48.3 Å². The zero-order valence-corrected chi connectivity index (χ0v) is 14.6. The van der Waals surface area contributed by atoms with E-state index in [0.717, 1.165) is 22.6 Å². The van der Waals surface area contributed by atoms with Crippen molar-refractivity contribution in [3.05, 3.63) is 72.8 Å². The van der Waals surface area contributed by atoms with Crippen molar-refractivity contribution < 1.29 is 4.79 Å². The van der Waals surface area contributed by atoms with Gasteiger partial charge in [-0.3, -0.25) is 4.79 Å². The summed E-state index contributed by atoms with van der Waals surface area (Å²) in [5.41, 5.74) is 3.55. The second kappa shape index (κ2) is 6.35. The second-order valence-electron chi connectivity index (χ2n) is 6.78. The molecule has 7 nitrogen and oxygen atoms in total. The highest BCUT2D eigenvalue weighted by Gasteiger charge is 2.33.